The first kappa shape index (κ1) is 23.9. The van der Waals surface area contributed by atoms with E-state index in [-0.39, 0.29) is 17.0 Å². The third-order valence-electron chi connectivity index (χ3n) is 6.11. The van der Waals surface area contributed by atoms with Crippen molar-refractivity contribution in [3.8, 4) is 5.75 Å². The zero-order valence-electron chi connectivity index (χ0n) is 19.2. The minimum atomic E-state index is -3.65. The second-order valence-corrected chi connectivity index (χ2v) is 10.5. The maximum Gasteiger partial charge on any atom is 0.243 e. The summed E-state index contributed by atoms with van der Waals surface area (Å²) < 4.78 is 39.6. The van der Waals surface area contributed by atoms with Crippen LogP contribution in [0.2, 0.25) is 0 Å². The van der Waals surface area contributed by atoms with Crippen LogP contribution in [0, 0.1) is 0 Å². The van der Waals surface area contributed by atoms with Crippen molar-refractivity contribution < 1.29 is 17.9 Å². The molecule has 1 aromatic carbocycles. The number of ether oxygens (including phenoxy) is 2. The summed E-state index contributed by atoms with van der Waals surface area (Å²) >= 11 is 5.52. The highest BCUT2D eigenvalue weighted by Crippen LogP contribution is 2.38. The lowest BCUT2D eigenvalue weighted by molar-refractivity contribution is 0.0730. The minimum Gasteiger partial charge on any atom is -0.493 e. The molecule has 1 N–H and O–H groups in total. The summed E-state index contributed by atoms with van der Waals surface area (Å²) in [6.07, 6.45) is 3.00. The Labute approximate surface area is 200 Å². The first-order valence-corrected chi connectivity index (χ1v) is 13.1. The first-order valence-electron chi connectivity index (χ1n) is 11.2. The molecule has 0 aliphatic carbocycles. The van der Waals surface area contributed by atoms with Crippen LogP contribution in [0.1, 0.15) is 43.9 Å². The van der Waals surface area contributed by atoms with Crippen LogP contribution in [-0.4, -0.2) is 74.0 Å². The molecule has 11 heteroatoms. The summed E-state index contributed by atoms with van der Waals surface area (Å²) in [5.41, 5.74) is 2.42. The van der Waals surface area contributed by atoms with E-state index in [0.29, 0.717) is 43.6 Å². The van der Waals surface area contributed by atoms with E-state index in [1.807, 2.05) is 18.9 Å². The quantitative estimate of drug-likeness (QED) is 0.565. The molecule has 0 amide bonds. The third-order valence-corrected chi connectivity index (χ3v) is 8.31. The number of H-pyrrole nitrogens is 1. The van der Waals surface area contributed by atoms with E-state index in [1.54, 1.807) is 24.4 Å². The fourth-order valence-electron chi connectivity index (χ4n) is 4.33. The van der Waals surface area contributed by atoms with Gasteiger partial charge in [-0.1, -0.05) is 26.1 Å². The number of benzene rings is 1. The summed E-state index contributed by atoms with van der Waals surface area (Å²) in [6.45, 7) is 6.14. The Morgan fingerprint density at radius 1 is 1.30 bits per heavy atom. The third kappa shape index (κ3) is 4.59. The van der Waals surface area contributed by atoms with Crippen LogP contribution in [0.15, 0.2) is 29.3 Å². The molecule has 1 radical (unpaired) electrons. The van der Waals surface area contributed by atoms with Gasteiger partial charge >= 0.3 is 0 Å². The van der Waals surface area contributed by atoms with Crippen LogP contribution in [0.5, 0.6) is 5.75 Å². The SMILES string of the molecule is CCCOc1ccc(S(=O)(=O)N2CCOCC2)cc1C(CC)C1[N]C(=S)c2[nH]ncc2N1C. The average molecular weight is 493 g/mol. The molecule has 0 spiro atoms. The number of aromatic amines is 1. The lowest BCUT2D eigenvalue weighted by atomic mass is 9.90. The number of thiocarbonyl (C=S) groups is 1. The van der Waals surface area contributed by atoms with E-state index in [1.165, 1.54) is 4.31 Å². The van der Waals surface area contributed by atoms with Gasteiger partial charge < -0.3 is 14.4 Å². The van der Waals surface area contributed by atoms with Gasteiger partial charge in [0.25, 0.3) is 0 Å². The number of sulfonamides is 1. The topological polar surface area (TPSA) is 102 Å². The van der Waals surface area contributed by atoms with Crippen molar-refractivity contribution in [2.75, 3.05) is 44.9 Å². The molecule has 1 aromatic heterocycles. The van der Waals surface area contributed by atoms with Crippen molar-refractivity contribution in [2.45, 2.75) is 43.7 Å². The van der Waals surface area contributed by atoms with Gasteiger partial charge in [-0.25, -0.2) is 13.7 Å². The molecule has 2 aliphatic rings. The highest BCUT2D eigenvalue weighted by Gasteiger charge is 2.37. The van der Waals surface area contributed by atoms with Gasteiger partial charge in [0.05, 0.1) is 36.6 Å². The summed E-state index contributed by atoms with van der Waals surface area (Å²) in [7, 11) is -1.69. The average Bonchev–Trinajstić information content (AvgIpc) is 3.33. The van der Waals surface area contributed by atoms with E-state index in [2.05, 4.69) is 17.1 Å². The molecule has 0 bridgehead atoms. The van der Waals surface area contributed by atoms with Gasteiger partial charge in [-0.2, -0.15) is 9.40 Å². The van der Waals surface area contributed by atoms with Gasteiger partial charge in [-0.15, -0.1) is 0 Å². The lowest BCUT2D eigenvalue weighted by Gasteiger charge is -2.38. The van der Waals surface area contributed by atoms with Gasteiger partial charge in [0.15, 0.2) is 0 Å². The monoisotopic (exact) mass is 492 g/mol. The van der Waals surface area contributed by atoms with Gasteiger partial charge in [0.2, 0.25) is 10.0 Å². The van der Waals surface area contributed by atoms with E-state index in [9.17, 15) is 8.42 Å². The standard InChI is InChI=1S/C22H30N5O4S2/c1-4-10-31-19-7-6-15(33(28,29)27-8-11-30-12-9-27)13-17(19)16(5-2)21-24-22(32)20-18(26(21)3)14-23-25-20/h6-7,13-14,16,21H,4-5,8-12H2,1-3H3,(H,23,25). The zero-order chi connectivity index (χ0) is 23.6. The molecule has 9 nitrogen and oxygen atoms in total. The Morgan fingerprint density at radius 2 is 2.06 bits per heavy atom. The second-order valence-electron chi connectivity index (χ2n) is 8.17. The number of likely N-dealkylation sites (N-methyl/N-ethyl adjacent to an activating group) is 1. The normalized spacial score (nSPS) is 20.3. The lowest BCUT2D eigenvalue weighted by Crippen LogP contribution is -2.49. The number of nitrogens with one attached hydrogen (secondary N) is 1. The highest BCUT2D eigenvalue weighted by atomic mass is 32.2. The molecule has 2 atom stereocenters. The summed E-state index contributed by atoms with van der Waals surface area (Å²) in [5, 5.41) is 11.8. The maximum absolute atomic E-state index is 13.4. The minimum absolute atomic E-state index is 0.136. The van der Waals surface area contributed by atoms with Crippen molar-refractivity contribution in [2.24, 2.45) is 0 Å². The fourth-order valence-corrected chi connectivity index (χ4v) is 6.03. The largest absolute Gasteiger partial charge is 0.493 e. The molecule has 3 heterocycles. The highest BCUT2D eigenvalue weighted by molar-refractivity contribution is 7.89. The number of hydrogen-bond donors (Lipinski definition) is 1. The van der Waals surface area contributed by atoms with Crippen LogP contribution < -0.4 is 15.0 Å². The summed E-state index contributed by atoms with van der Waals surface area (Å²) in [4.78, 5) is 2.76. The Bertz CT molecular complexity index is 1100. The Balaban J connectivity index is 1.74. The van der Waals surface area contributed by atoms with Crippen molar-refractivity contribution in [1.29, 1.82) is 0 Å². The molecule has 1 saturated heterocycles. The number of hydrogen-bond acceptors (Lipinski definition) is 7. The molecule has 2 aliphatic heterocycles. The molecule has 33 heavy (non-hydrogen) atoms. The molecule has 179 valence electrons. The molecular formula is C22H30N5O4S2. The fraction of sp³-hybridized carbons (Fsp3) is 0.545. The van der Waals surface area contributed by atoms with Crippen LogP contribution >= 0.6 is 12.2 Å². The Hall–Kier alpha value is -2.21. The molecular weight excluding hydrogens is 462 g/mol. The van der Waals surface area contributed by atoms with Gasteiger partial charge in [0, 0.05) is 31.6 Å². The van der Waals surface area contributed by atoms with E-state index in [0.717, 1.165) is 29.8 Å². The molecule has 4 rings (SSSR count). The predicted octanol–water partition coefficient (Wildman–Crippen LogP) is 2.47. The summed E-state index contributed by atoms with van der Waals surface area (Å²) in [5.74, 6) is 0.542. The predicted molar refractivity (Wildman–Crippen MR) is 129 cm³/mol. The number of anilines is 1. The Kier molecular flexibility index (Phi) is 7.22. The Morgan fingerprint density at radius 3 is 2.76 bits per heavy atom. The van der Waals surface area contributed by atoms with Gasteiger partial charge in [-0.05, 0) is 31.0 Å². The number of aromatic nitrogens is 2. The molecule has 0 saturated carbocycles. The second kappa shape index (κ2) is 9.96. The van der Waals surface area contributed by atoms with Crippen molar-refractivity contribution in [3.63, 3.8) is 0 Å². The molecule has 2 unspecified atom stereocenters. The smallest absolute Gasteiger partial charge is 0.243 e. The number of rotatable bonds is 8. The van der Waals surface area contributed by atoms with Gasteiger partial charge in [0.1, 0.15) is 22.6 Å². The van der Waals surface area contributed by atoms with Crippen LogP contribution in [0.25, 0.3) is 0 Å². The number of fused-ring (bicyclic) bond motifs is 1. The van der Waals surface area contributed by atoms with E-state index in [4.69, 9.17) is 27.0 Å². The maximum atomic E-state index is 13.4. The van der Waals surface area contributed by atoms with Crippen LogP contribution in [0.4, 0.5) is 5.69 Å². The first-order chi connectivity index (χ1) is 15.9. The molecule has 2 aromatic rings. The van der Waals surface area contributed by atoms with Gasteiger partial charge in [-0.3, -0.25) is 5.10 Å². The number of nitrogens with zero attached hydrogens (tertiary/aromatic N) is 4. The van der Waals surface area contributed by atoms with Crippen molar-refractivity contribution in [1.82, 2.24) is 19.8 Å². The number of morpholine rings is 1. The van der Waals surface area contributed by atoms with Crippen LogP contribution in [0.3, 0.4) is 0 Å². The molecule has 1 fully saturated rings. The van der Waals surface area contributed by atoms with Crippen LogP contribution in [-0.2, 0) is 14.8 Å². The van der Waals surface area contributed by atoms with Crippen molar-refractivity contribution >= 4 is 32.9 Å². The van der Waals surface area contributed by atoms with Crippen molar-refractivity contribution in [3.05, 3.63) is 35.7 Å². The zero-order valence-corrected chi connectivity index (χ0v) is 20.8. The summed E-state index contributed by atoms with van der Waals surface area (Å²) in [6, 6.07) is 5.15. The van der Waals surface area contributed by atoms with E-state index >= 15 is 0 Å². The van der Waals surface area contributed by atoms with E-state index < -0.39 is 10.0 Å².